The zero-order valence-corrected chi connectivity index (χ0v) is 18.4. The van der Waals surface area contributed by atoms with Gasteiger partial charge in [-0.05, 0) is 50.1 Å². The number of carbonyl (C=O) groups excluding carboxylic acids is 1. The van der Waals surface area contributed by atoms with Crippen LogP contribution in [0.3, 0.4) is 0 Å². The van der Waals surface area contributed by atoms with Gasteiger partial charge in [0.15, 0.2) is 9.84 Å². The third kappa shape index (κ3) is 6.39. The van der Waals surface area contributed by atoms with Gasteiger partial charge in [-0.15, -0.1) is 0 Å². The Balaban J connectivity index is 1.44. The third-order valence-corrected chi connectivity index (χ3v) is 6.91. The van der Waals surface area contributed by atoms with Crippen molar-refractivity contribution in [1.29, 1.82) is 0 Å². The van der Waals surface area contributed by atoms with Gasteiger partial charge in [0.1, 0.15) is 0 Å². The molecule has 162 valence electrons. The van der Waals surface area contributed by atoms with E-state index in [0.29, 0.717) is 23.4 Å². The van der Waals surface area contributed by atoms with Gasteiger partial charge in [0.05, 0.1) is 22.9 Å². The summed E-state index contributed by atoms with van der Waals surface area (Å²) in [6.45, 7) is 7.12. The molecule has 6 nitrogen and oxygen atoms in total. The minimum atomic E-state index is -3.32. The molecule has 30 heavy (non-hydrogen) atoms. The topological polar surface area (TPSA) is 75.7 Å². The van der Waals surface area contributed by atoms with Crippen molar-refractivity contribution in [2.75, 3.05) is 25.4 Å². The van der Waals surface area contributed by atoms with Crippen molar-refractivity contribution in [3.8, 4) is 0 Å². The minimum absolute atomic E-state index is 0.00657. The number of sulfone groups is 1. The minimum Gasteiger partial charge on any atom is -0.373 e. The molecule has 0 spiro atoms. The van der Waals surface area contributed by atoms with E-state index >= 15 is 0 Å². The summed E-state index contributed by atoms with van der Waals surface area (Å²) in [7, 11) is -3.32. The van der Waals surface area contributed by atoms with E-state index in [4.69, 9.17) is 4.74 Å². The van der Waals surface area contributed by atoms with Crippen LogP contribution in [-0.2, 0) is 21.1 Å². The van der Waals surface area contributed by atoms with Gasteiger partial charge in [0.25, 0.3) is 5.91 Å². The Labute approximate surface area is 179 Å². The van der Waals surface area contributed by atoms with E-state index in [9.17, 15) is 13.2 Å². The molecule has 1 heterocycles. The quantitative estimate of drug-likeness (QED) is 0.652. The monoisotopic (exact) mass is 430 g/mol. The number of benzene rings is 2. The van der Waals surface area contributed by atoms with Crippen LogP contribution in [0.1, 0.15) is 36.2 Å². The number of rotatable bonds is 8. The van der Waals surface area contributed by atoms with Gasteiger partial charge in [-0.3, -0.25) is 9.69 Å². The number of carbonyl (C=O) groups is 1. The van der Waals surface area contributed by atoms with Crippen molar-refractivity contribution < 1.29 is 17.9 Å². The molecule has 3 rings (SSSR count). The molecule has 1 saturated heterocycles. The Bertz CT molecular complexity index is 919. The zero-order valence-electron chi connectivity index (χ0n) is 17.6. The lowest BCUT2D eigenvalue weighted by Crippen LogP contribution is -2.44. The summed E-state index contributed by atoms with van der Waals surface area (Å²) in [6, 6.07) is 16.0. The van der Waals surface area contributed by atoms with Crippen molar-refractivity contribution in [3.05, 3.63) is 65.7 Å². The molecular formula is C23H30N2O4S. The highest BCUT2D eigenvalue weighted by Gasteiger charge is 2.22. The van der Waals surface area contributed by atoms with Crippen molar-refractivity contribution in [2.24, 2.45) is 0 Å². The van der Waals surface area contributed by atoms with Crippen LogP contribution in [0.5, 0.6) is 0 Å². The molecule has 1 aliphatic heterocycles. The summed E-state index contributed by atoms with van der Waals surface area (Å²) in [4.78, 5) is 15.0. The second-order valence-corrected chi connectivity index (χ2v) is 10.00. The first-order valence-corrected chi connectivity index (χ1v) is 12.0. The van der Waals surface area contributed by atoms with Crippen molar-refractivity contribution in [3.63, 3.8) is 0 Å². The molecule has 2 atom stereocenters. The molecule has 0 aromatic heterocycles. The summed E-state index contributed by atoms with van der Waals surface area (Å²) >= 11 is 0. The average Bonchev–Trinajstić information content (AvgIpc) is 2.71. The Hall–Kier alpha value is -2.22. The summed E-state index contributed by atoms with van der Waals surface area (Å²) < 4.78 is 30.3. The Morgan fingerprint density at radius 1 is 1.03 bits per heavy atom. The first-order chi connectivity index (χ1) is 14.3. The molecule has 0 aliphatic carbocycles. The molecule has 1 fully saturated rings. The largest absolute Gasteiger partial charge is 0.373 e. The Morgan fingerprint density at radius 3 is 2.30 bits per heavy atom. The van der Waals surface area contributed by atoms with Gasteiger partial charge in [-0.1, -0.05) is 30.3 Å². The standard InChI is InChI=1S/C23H30N2O4S/c1-18-15-25(16-19(2)29-18)17-20-9-11-21(12-10-20)23(26)24-13-6-14-30(27,28)22-7-4-3-5-8-22/h3-5,7-12,18-19H,6,13-17H2,1-2H3,(H,24,26). The molecular weight excluding hydrogens is 400 g/mol. The number of amides is 1. The number of nitrogens with zero attached hydrogens (tertiary/aromatic N) is 1. The summed E-state index contributed by atoms with van der Waals surface area (Å²) in [5.41, 5.74) is 1.73. The van der Waals surface area contributed by atoms with E-state index in [0.717, 1.165) is 25.2 Å². The van der Waals surface area contributed by atoms with Crippen molar-refractivity contribution in [1.82, 2.24) is 10.2 Å². The smallest absolute Gasteiger partial charge is 0.251 e. The predicted octanol–water partition coefficient (Wildman–Crippen LogP) is 2.89. The van der Waals surface area contributed by atoms with Gasteiger partial charge >= 0.3 is 0 Å². The highest BCUT2D eigenvalue weighted by Crippen LogP contribution is 2.15. The van der Waals surface area contributed by atoms with Crippen LogP contribution >= 0.6 is 0 Å². The number of hydrogen-bond acceptors (Lipinski definition) is 5. The lowest BCUT2D eigenvalue weighted by molar-refractivity contribution is -0.0704. The van der Waals surface area contributed by atoms with E-state index in [2.05, 4.69) is 24.1 Å². The lowest BCUT2D eigenvalue weighted by atomic mass is 10.1. The summed E-state index contributed by atoms with van der Waals surface area (Å²) in [5, 5.41) is 2.81. The molecule has 1 N–H and O–H groups in total. The molecule has 1 aliphatic rings. The van der Waals surface area contributed by atoms with Crippen molar-refractivity contribution in [2.45, 2.75) is 43.9 Å². The second-order valence-electron chi connectivity index (χ2n) is 7.89. The highest BCUT2D eigenvalue weighted by atomic mass is 32.2. The van der Waals surface area contributed by atoms with Crippen LogP contribution in [0.25, 0.3) is 0 Å². The van der Waals surface area contributed by atoms with Gasteiger partial charge in [-0.2, -0.15) is 0 Å². The number of morpholine rings is 1. The maximum Gasteiger partial charge on any atom is 0.251 e. The second kappa shape index (κ2) is 10.2. The van der Waals surface area contributed by atoms with E-state index in [1.54, 1.807) is 30.3 Å². The van der Waals surface area contributed by atoms with Crippen LogP contribution in [0.4, 0.5) is 0 Å². The Kier molecular flexibility index (Phi) is 7.64. The van der Waals surface area contributed by atoms with Crippen molar-refractivity contribution >= 4 is 15.7 Å². The molecule has 0 saturated carbocycles. The molecule has 7 heteroatoms. The maximum atomic E-state index is 12.3. The summed E-state index contributed by atoms with van der Waals surface area (Å²) in [5.74, 6) is -0.181. The summed E-state index contributed by atoms with van der Waals surface area (Å²) in [6.07, 6.45) is 0.822. The van der Waals surface area contributed by atoms with Crippen LogP contribution in [0.2, 0.25) is 0 Å². The molecule has 0 radical (unpaired) electrons. The normalized spacial score (nSPS) is 20.1. The van der Waals surface area contributed by atoms with Crippen LogP contribution in [-0.4, -0.2) is 56.8 Å². The zero-order chi connectivity index (χ0) is 21.6. The molecule has 2 unspecified atom stereocenters. The van der Waals surface area contributed by atoms with Gasteiger partial charge in [0, 0.05) is 31.7 Å². The van der Waals surface area contributed by atoms with Gasteiger partial charge < -0.3 is 10.1 Å². The fourth-order valence-corrected chi connectivity index (χ4v) is 5.08. The van der Waals surface area contributed by atoms with Gasteiger partial charge in [-0.25, -0.2) is 8.42 Å². The Morgan fingerprint density at radius 2 is 1.67 bits per heavy atom. The first kappa shape index (κ1) is 22.5. The van der Waals surface area contributed by atoms with E-state index in [-0.39, 0.29) is 23.9 Å². The van der Waals surface area contributed by atoms with Gasteiger partial charge in [0.2, 0.25) is 0 Å². The molecule has 0 bridgehead atoms. The number of hydrogen-bond donors (Lipinski definition) is 1. The molecule has 2 aromatic rings. The van der Waals surface area contributed by atoms with E-state index in [1.165, 1.54) is 0 Å². The lowest BCUT2D eigenvalue weighted by Gasteiger charge is -2.35. The third-order valence-electron chi connectivity index (χ3n) is 5.10. The van der Waals surface area contributed by atoms with E-state index in [1.807, 2.05) is 24.3 Å². The predicted molar refractivity (Wildman–Crippen MR) is 117 cm³/mol. The highest BCUT2D eigenvalue weighted by molar-refractivity contribution is 7.91. The average molecular weight is 431 g/mol. The molecule has 1 amide bonds. The SMILES string of the molecule is CC1CN(Cc2ccc(C(=O)NCCCS(=O)(=O)c3ccccc3)cc2)CC(C)O1. The van der Waals surface area contributed by atoms with Crippen LogP contribution in [0, 0.1) is 0 Å². The first-order valence-electron chi connectivity index (χ1n) is 10.4. The van der Waals surface area contributed by atoms with E-state index < -0.39 is 9.84 Å². The van der Waals surface area contributed by atoms with Crippen LogP contribution in [0.15, 0.2) is 59.5 Å². The number of nitrogens with one attached hydrogen (secondary N) is 1. The fourth-order valence-electron chi connectivity index (χ4n) is 3.75. The maximum absolute atomic E-state index is 12.3. The van der Waals surface area contributed by atoms with Crippen LogP contribution < -0.4 is 5.32 Å². The fraction of sp³-hybridized carbons (Fsp3) is 0.435. The number of ether oxygens (including phenoxy) is 1. The molecule has 2 aromatic carbocycles.